The molecule has 3 aliphatic heterocycles. The van der Waals surface area contributed by atoms with Crippen LogP contribution >= 0.6 is 39.1 Å². The van der Waals surface area contributed by atoms with E-state index < -0.39 is 0 Å². The zero-order valence-corrected chi connectivity index (χ0v) is 23.1. The first-order valence-electron chi connectivity index (χ1n) is 11.0. The zero-order valence-electron chi connectivity index (χ0n) is 20.0. The van der Waals surface area contributed by atoms with Crippen LogP contribution in [-0.4, -0.2) is 118 Å². The third-order valence-corrected chi connectivity index (χ3v) is 7.83. The fourth-order valence-corrected chi connectivity index (χ4v) is 4.31. The van der Waals surface area contributed by atoms with E-state index in [2.05, 4.69) is 88.7 Å². The van der Waals surface area contributed by atoms with Crippen LogP contribution in [0.5, 0.6) is 0 Å². The van der Waals surface area contributed by atoms with Crippen molar-refractivity contribution in [1.82, 2.24) is 39.5 Å². The van der Waals surface area contributed by atoms with E-state index in [1.54, 1.807) is 0 Å². The van der Waals surface area contributed by atoms with Gasteiger partial charge in [0.25, 0.3) is 0 Å². The molecule has 188 valence electrons. The lowest BCUT2D eigenvalue weighted by Gasteiger charge is -2.44. The quantitative estimate of drug-likeness (QED) is 0.329. The summed E-state index contributed by atoms with van der Waals surface area (Å²) in [4.78, 5) is 33.5. The Bertz CT molecular complexity index is 1130. The van der Waals surface area contributed by atoms with Crippen LogP contribution in [-0.2, 0) is 6.42 Å². The van der Waals surface area contributed by atoms with Gasteiger partial charge in [-0.1, -0.05) is 23.2 Å². The molecule has 0 amide bonds. The van der Waals surface area contributed by atoms with Crippen LogP contribution in [0.25, 0.3) is 0 Å². The minimum absolute atomic E-state index is 0.325. The Kier molecular flexibility index (Phi) is 8.06. The van der Waals surface area contributed by atoms with Crippen molar-refractivity contribution in [3.63, 3.8) is 0 Å². The highest BCUT2D eigenvalue weighted by Crippen LogP contribution is 2.31. The number of rotatable bonds is 3. The Hall–Kier alpha value is -2.12. The summed E-state index contributed by atoms with van der Waals surface area (Å²) in [5, 5.41) is 0.852. The maximum Gasteiger partial charge on any atom is 0.198 e. The Morgan fingerprint density at radius 2 is 1.57 bits per heavy atom. The maximum absolute atomic E-state index is 6.03. The third-order valence-electron chi connectivity index (χ3n) is 6.26. The Labute approximate surface area is 223 Å². The number of guanidine groups is 1. The molecule has 0 bridgehead atoms. The molecule has 3 aliphatic rings. The Morgan fingerprint density at radius 1 is 0.971 bits per heavy atom. The molecule has 0 saturated carbocycles. The number of likely N-dealkylation sites (N-methyl/N-ethyl adjacent to an activating group) is 2. The molecular formula is C21H28BrCl2N11. The SMILES string of the molecule is CN(C)C1CN(C(N)=Nc2ncnc(Cl)c2Br)C1.CN(C)C1CN(C2=Nc3ncnc(Cl)c3C2)C1. The molecule has 11 nitrogen and oxygen atoms in total. The predicted octanol–water partition coefficient (Wildman–Crippen LogP) is 2.05. The van der Waals surface area contributed by atoms with Crippen molar-refractivity contribution in [2.45, 2.75) is 18.5 Å². The van der Waals surface area contributed by atoms with Gasteiger partial charge in [0.2, 0.25) is 0 Å². The van der Waals surface area contributed by atoms with Crippen LogP contribution in [0.1, 0.15) is 5.56 Å². The molecule has 2 aromatic heterocycles. The average molecular weight is 585 g/mol. The molecule has 0 aliphatic carbocycles. The van der Waals surface area contributed by atoms with E-state index in [4.69, 9.17) is 28.9 Å². The second-order valence-corrected chi connectivity index (χ2v) is 10.5. The van der Waals surface area contributed by atoms with E-state index >= 15 is 0 Å². The number of nitrogens with two attached hydrogens (primary N) is 1. The van der Waals surface area contributed by atoms with Gasteiger partial charge < -0.3 is 25.3 Å². The van der Waals surface area contributed by atoms with Gasteiger partial charge in [0.1, 0.15) is 28.8 Å². The smallest absolute Gasteiger partial charge is 0.198 e. The van der Waals surface area contributed by atoms with Gasteiger partial charge >= 0.3 is 0 Å². The van der Waals surface area contributed by atoms with Gasteiger partial charge in [-0.15, -0.1) is 0 Å². The standard InChI is InChI=1S/C11H14ClN5.C10H14BrClN6/c1-16(2)7-4-17(5-7)9-3-8-10(12)13-6-14-11(8)15-9;1-17(2)6-3-18(4-6)10(13)16-9-7(11)8(12)14-5-15-9/h6-7H,3-5H2,1-2H3;5-6H,3-4H2,1-2H3,(H2,13,14,15,16). The molecule has 35 heavy (non-hydrogen) atoms. The first-order chi connectivity index (χ1) is 16.6. The number of halogens is 3. The van der Waals surface area contributed by atoms with Gasteiger partial charge in [0, 0.05) is 50.2 Å². The third kappa shape index (κ3) is 5.83. The topological polar surface area (TPSA) is 115 Å². The largest absolute Gasteiger partial charge is 0.369 e. The number of hydrogen-bond donors (Lipinski definition) is 1. The van der Waals surface area contributed by atoms with Crippen LogP contribution in [0.15, 0.2) is 27.1 Å². The fraction of sp³-hybridized carbons (Fsp3) is 0.524. The van der Waals surface area contributed by atoms with Crippen molar-refractivity contribution in [1.29, 1.82) is 0 Å². The van der Waals surface area contributed by atoms with E-state index in [1.807, 2.05) is 4.90 Å². The minimum atomic E-state index is 0.325. The van der Waals surface area contributed by atoms with Gasteiger partial charge in [0.15, 0.2) is 17.6 Å². The van der Waals surface area contributed by atoms with Crippen molar-refractivity contribution >= 4 is 62.6 Å². The van der Waals surface area contributed by atoms with Gasteiger partial charge in [-0.3, -0.25) is 0 Å². The monoisotopic (exact) mass is 583 g/mol. The second kappa shape index (κ2) is 10.9. The van der Waals surface area contributed by atoms with Crippen LogP contribution < -0.4 is 5.73 Å². The molecule has 0 radical (unpaired) electrons. The zero-order chi connectivity index (χ0) is 25.3. The summed E-state index contributed by atoms with van der Waals surface area (Å²) in [6.07, 6.45) is 3.58. The molecule has 5 heterocycles. The van der Waals surface area contributed by atoms with Crippen molar-refractivity contribution in [2.24, 2.45) is 15.7 Å². The normalized spacial score (nSPS) is 18.2. The van der Waals surface area contributed by atoms with E-state index in [0.717, 1.165) is 49.8 Å². The molecule has 2 fully saturated rings. The van der Waals surface area contributed by atoms with Crippen molar-refractivity contribution in [3.05, 3.63) is 33.0 Å². The number of likely N-dealkylation sites (tertiary alicyclic amines) is 2. The molecule has 5 rings (SSSR count). The lowest BCUT2D eigenvalue weighted by Crippen LogP contribution is -2.61. The van der Waals surface area contributed by atoms with E-state index in [-0.39, 0.29) is 0 Å². The summed E-state index contributed by atoms with van der Waals surface area (Å²) >= 11 is 15.2. The predicted molar refractivity (Wildman–Crippen MR) is 142 cm³/mol. The lowest BCUT2D eigenvalue weighted by molar-refractivity contribution is 0.123. The number of aliphatic imine (C=N–C) groups is 2. The summed E-state index contributed by atoms with van der Waals surface area (Å²) in [5.74, 6) is 2.69. The Balaban J connectivity index is 0.000000165. The van der Waals surface area contributed by atoms with Crippen LogP contribution in [0.4, 0.5) is 11.6 Å². The summed E-state index contributed by atoms with van der Waals surface area (Å²) in [6.45, 7) is 3.81. The highest BCUT2D eigenvalue weighted by atomic mass is 79.9. The number of nitrogens with zero attached hydrogens (tertiary/aromatic N) is 10. The summed E-state index contributed by atoms with van der Waals surface area (Å²) in [7, 11) is 8.32. The highest BCUT2D eigenvalue weighted by molar-refractivity contribution is 9.10. The fourth-order valence-electron chi connectivity index (χ4n) is 3.69. The van der Waals surface area contributed by atoms with Gasteiger partial charge in [-0.25, -0.2) is 24.9 Å². The molecule has 0 spiro atoms. The summed E-state index contributed by atoms with van der Waals surface area (Å²) in [5.41, 5.74) is 6.88. The Morgan fingerprint density at radius 3 is 2.20 bits per heavy atom. The second-order valence-electron chi connectivity index (χ2n) is 8.99. The van der Waals surface area contributed by atoms with Gasteiger partial charge in [-0.05, 0) is 44.1 Å². The first-order valence-corrected chi connectivity index (χ1v) is 12.6. The molecule has 0 atom stereocenters. The highest BCUT2D eigenvalue weighted by Gasteiger charge is 2.33. The van der Waals surface area contributed by atoms with Gasteiger partial charge in [-0.2, -0.15) is 4.99 Å². The average Bonchev–Trinajstić information content (AvgIpc) is 3.14. The molecular weight excluding hydrogens is 557 g/mol. The van der Waals surface area contributed by atoms with E-state index in [0.29, 0.717) is 38.6 Å². The molecule has 0 aromatic carbocycles. The van der Waals surface area contributed by atoms with Gasteiger partial charge in [0.05, 0.1) is 4.47 Å². The number of hydrogen-bond acceptors (Lipinski definition) is 9. The first kappa shape index (κ1) is 26.0. The molecule has 2 N–H and O–H groups in total. The maximum atomic E-state index is 6.03. The van der Waals surface area contributed by atoms with Crippen LogP contribution in [0.2, 0.25) is 10.3 Å². The summed E-state index contributed by atoms with van der Waals surface area (Å²) in [6, 6.07) is 1.15. The molecule has 0 unspecified atom stereocenters. The lowest BCUT2D eigenvalue weighted by atomic mass is 10.1. The molecule has 2 saturated heterocycles. The number of amidine groups is 1. The number of aromatic nitrogens is 4. The molecule has 14 heteroatoms. The van der Waals surface area contributed by atoms with E-state index in [9.17, 15) is 0 Å². The minimum Gasteiger partial charge on any atom is -0.369 e. The van der Waals surface area contributed by atoms with E-state index in [1.165, 1.54) is 12.7 Å². The van der Waals surface area contributed by atoms with Crippen LogP contribution in [0.3, 0.4) is 0 Å². The van der Waals surface area contributed by atoms with Crippen molar-refractivity contribution < 1.29 is 0 Å². The number of fused-ring (bicyclic) bond motifs is 1. The van der Waals surface area contributed by atoms with Crippen molar-refractivity contribution in [3.8, 4) is 0 Å². The van der Waals surface area contributed by atoms with Crippen molar-refractivity contribution in [2.75, 3.05) is 54.4 Å². The molecule has 2 aromatic rings. The summed E-state index contributed by atoms with van der Waals surface area (Å²) < 4.78 is 0.555. The van der Waals surface area contributed by atoms with Crippen LogP contribution in [0, 0.1) is 0 Å².